The van der Waals surface area contributed by atoms with E-state index < -0.39 is 0 Å². The normalized spacial score (nSPS) is 15.9. The van der Waals surface area contributed by atoms with Crippen molar-refractivity contribution in [3.05, 3.63) is 65.0 Å². The highest BCUT2D eigenvalue weighted by Gasteiger charge is 2.14. The van der Waals surface area contributed by atoms with Crippen LogP contribution in [0.3, 0.4) is 0 Å². The molecule has 0 saturated heterocycles. The molecule has 0 unspecified atom stereocenters. The molecule has 3 N–H and O–H groups in total. The fourth-order valence-electron chi connectivity index (χ4n) is 3.17. The maximum absolute atomic E-state index is 13.8. The maximum atomic E-state index is 13.8. The van der Waals surface area contributed by atoms with Crippen LogP contribution in [0.4, 0.5) is 9.18 Å². The number of para-hydroxylation sites is 1. The molecule has 3 rings (SSSR count). The molecule has 2 aromatic rings. The topological polar surface area (TPSA) is 79.9 Å². The second-order valence-electron chi connectivity index (χ2n) is 6.62. The Labute approximate surface area is 164 Å². The van der Waals surface area contributed by atoms with Gasteiger partial charge in [0.2, 0.25) is 0 Å². The van der Waals surface area contributed by atoms with E-state index >= 15 is 0 Å². The minimum Gasteiger partial charge on any atom is -0.489 e. The average molecular weight is 384 g/mol. The van der Waals surface area contributed by atoms with Crippen molar-refractivity contribution in [1.29, 1.82) is 0 Å². The number of nitrogens with zero attached hydrogens (tertiary/aromatic N) is 2. The number of ether oxygens (including phenoxy) is 1. The van der Waals surface area contributed by atoms with E-state index in [0.29, 0.717) is 25.3 Å². The third kappa shape index (κ3) is 5.00. The number of amides is 2. The zero-order valence-electron chi connectivity index (χ0n) is 16.0. The molecule has 0 aliphatic carbocycles. The lowest BCUT2D eigenvalue weighted by Gasteiger charge is -2.21. The summed E-state index contributed by atoms with van der Waals surface area (Å²) in [6.45, 7) is 3.56. The number of carbonyl (C=O) groups excluding carboxylic acids is 1. The summed E-state index contributed by atoms with van der Waals surface area (Å²) in [7, 11) is 0. The average Bonchev–Trinajstić information content (AvgIpc) is 2.69. The van der Waals surface area contributed by atoms with Crippen molar-refractivity contribution in [3.63, 3.8) is 0 Å². The van der Waals surface area contributed by atoms with Gasteiger partial charge in [0.15, 0.2) is 5.96 Å². The molecule has 1 aliphatic heterocycles. The molecule has 0 atom stereocenters. The van der Waals surface area contributed by atoms with Crippen molar-refractivity contribution in [2.24, 2.45) is 10.7 Å². The van der Waals surface area contributed by atoms with E-state index in [4.69, 9.17) is 10.5 Å². The Morgan fingerprint density at radius 3 is 2.86 bits per heavy atom. The van der Waals surface area contributed by atoms with Gasteiger partial charge in [0.25, 0.3) is 0 Å². The molecule has 0 fully saturated rings. The van der Waals surface area contributed by atoms with E-state index in [0.717, 1.165) is 23.1 Å². The van der Waals surface area contributed by atoms with Crippen molar-refractivity contribution in [2.45, 2.75) is 32.9 Å². The maximum Gasteiger partial charge on any atom is 0.324 e. The van der Waals surface area contributed by atoms with Gasteiger partial charge < -0.3 is 15.4 Å². The van der Waals surface area contributed by atoms with Gasteiger partial charge in [0.1, 0.15) is 18.2 Å². The third-order valence-electron chi connectivity index (χ3n) is 4.72. The highest BCUT2D eigenvalue weighted by molar-refractivity contribution is 5.95. The van der Waals surface area contributed by atoms with Gasteiger partial charge in [-0.25, -0.2) is 14.2 Å². The third-order valence-corrected chi connectivity index (χ3v) is 4.72. The Balaban J connectivity index is 1.92. The first-order chi connectivity index (χ1) is 13.6. The summed E-state index contributed by atoms with van der Waals surface area (Å²) in [4.78, 5) is 18.3. The van der Waals surface area contributed by atoms with E-state index in [1.165, 1.54) is 12.1 Å². The molecular formula is C21H25FN4O2. The Kier molecular flexibility index (Phi) is 6.47. The number of fused-ring (bicyclic) bond motifs is 2. The van der Waals surface area contributed by atoms with Crippen molar-refractivity contribution >= 4 is 12.0 Å². The standard InChI is InChI=1S/C21H25FN4O2/c1-2-26-11-5-7-15-9-10-18(22)12-17(15)14-28-19-8-4-3-6-16(19)13-24-20(23)25-21(26)27/h3-4,6,8-10,12H,2,5,7,11,13-14H2,1H3,(H3,23,24,25,27). The number of rotatable bonds is 1. The zero-order chi connectivity index (χ0) is 19.9. The Bertz CT molecular complexity index is 869. The molecule has 0 radical (unpaired) electrons. The quantitative estimate of drug-likeness (QED) is 0.792. The van der Waals surface area contributed by atoms with Gasteiger partial charge in [0, 0.05) is 18.7 Å². The Hall–Kier alpha value is -3.09. The minimum absolute atomic E-state index is 0.0680. The summed E-state index contributed by atoms with van der Waals surface area (Å²) in [5.74, 6) is 0.435. The molecule has 2 amide bonds. The van der Waals surface area contributed by atoms with E-state index in [2.05, 4.69) is 10.3 Å². The predicted molar refractivity (Wildman–Crippen MR) is 107 cm³/mol. The number of halogens is 1. The largest absolute Gasteiger partial charge is 0.489 e. The van der Waals surface area contributed by atoms with Crippen LogP contribution in [0.5, 0.6) is 5.75 Å². The molecule has 0 saturated carbocycles. The predicted octanol–water partition coefficient (Wildman–Crippen LogP) is 3.20. The van der Waals surface area contributed by atoms with Crippen LogP contribution in [0, 0.1) is 5.82 Å². The number of benzene rings is 2. The Morgan fingerprint density at radius 1 is 1.21 bits per heavy atom. The summed E-state index contributed by atoms with van der Waals surface area (Å²) < 4.78 is 19.8. The number of urea groups is 1. The van der Waals surface area contributed by atoms with Crippen LogP contribution in [-0.2, 0) is 19.6 Å². The number of hydrogen-bond acceptors (Lipinski definition) is 4. The second kappa shape index (κ2) is 9.21. The molecule has 2 aromatic carbocycles. The van der Waals surface area contributed by atoms with Crippen molar-refractivity contribution in [2.75, 3.05) is 13.1 Å². The monoisotopic (exact) mass is 384 g/mol. The van der Waals surface area contributed by atoms with E-state index in [1.54, 1.807) is 11.0 Å². The SMILES string of the molecule is CCN1CCCc2ccc(F)cc2COc2ccccc2CN=C(N)NC1=O. The highest BCUT2D eigenvalue weighted by atomic mass is 19.1. The second-order valence-corrected chi connectivity index (χ2v) is 6.62. The van der Waals surface area contributed by atoms with E-state index in [9.17, 15) is 9.18 Å². The summed E-state index contributed by atoms with van der Waals surface area (Å²) in [6, 6.07) is 12.0. The van der Waals surface area contributed by atoms with Gasteiger partial charge in [-0.15, -0.1) is 0 Å². The lowest BCUT2D eigenvalue weighted by molar-refractivity contribution is 0.205. The number of hydrogen-bond donors (Lipinski definition) is 2. The number of nitrogens with two attached hydrogens (primary N) is 1. The van der Waals surface area contributed by atoms with Crippen LogP contribution in [0.1, 0.15) is 30.0 Å². The summed E-state index contributed by atoms with van der Waals surface area (Å²) in [5.41, 5.74) is 8.53. The number of aliphatic imine (C=N–C) groups is 1. The number of carbonyl (C=O) groups is 1. The van der Waals surface area contributed by atoms with Gasteiger partial charge >= 0.3 is 6.03 Å². The number of aryl methyl sites for hydroxylation is 1. The van der Waals surface area contributed by atoms with Crippen molar-refractivity contribution < 1.29 is 13.9 Å². The van der Waals surface area contributed by atoms with E-state index in [1.807, 2.05) is 31.2 Å². The lowest BCUT2D eigenvalue weighted by atomic mass is 10.0. The Morgan fingerprint density at radius 2 is 2.04 bits per heavy atom. The van der Waals surface area contributed by atoms with Crippen molar-refractivity contribution in [1.82, 2.24) is 10.2 Å². The van der Waals surface area contributed by atoms with E-state index in [-0.39, 0.29) is 31.0 Å². The fraction of sp³-hybridized carbons (Fsp3) is 0.333. The molecular weight excluding hydrogens is 359 g/mol. The molecule has 0 aromatic heterocycles. The molecule has 28 heavy (non-hydrogen) atoms. The first-order valence-electron chi connectivity index (χ1n) is 9.40. The lowest BCUT2D eigenvalue weighted by Crippen LogP contribution is -2.46. The first kappa shape index (κ1) is 19.7. The smallest absolute Gasteiger partial charge is 0.324 e. The molecule has 6 nitrogen and oxygen atoms in total. The molecule has 0 spiro atoms. The van der Waals surface area contributed by atoms with Crippen LogP contribution in [-0.4, -0.2) is 30.0 Å². The zero-order valence-corrected chi connectivity index (χ0v) is 16.0. The van der Waals surface area contributed by atoms with Crippen LogP contribution in [0.15, 0.2) is 47.5 Å². The van der Waals surface area contributed by atoms with Gasteiger partial charge in [-0.2, -0.15) is 0 Å². The summed E-state index contributed by atoms with van der Waals surface area (Å²) >= 11 is 0. The van der Waals surface area contributed by atoms with Crippen LogP contribution in [0.2, 0.25) is 0 Å². The molecule has 1 aliphatic rings. The van der Waals surface area contributed by atoms with Crippen LogP contribution < -0.4 is 15.8 Å². The fourth-order valence-corrected chi connectivity index (χ4v) is 3.17. The van der Waals surface area contributed by atoms with Gasteiger partial charge in [-0.05, 0) is 49.1 Å². The van der Waals surface area contributed by atoms with Gasteiger partial charge in [-0.3, -0.25) is 5.32 Å². The minimum atomic E-state index is -0.291. The van der Waals surface area contributed by atoms with Gasteiger partial charge in [0.05, 0.1) is 6.54 Å². The van der Waals surface area contributed by atoms with Crippen LogP contribution >= 0.6 is 0 Å². The summed E-state index contributed by atoms with van der Waals surface area (Å²) in [6.07, 6.45) is 1.46. The summed E-state index contributed by atoms with van der Waals surface area (Å²) in [5, 5.41) is 2.63. The number of nitrogens with one attached hydrogen (secondary N) is 1. The first-order valence-corrected chi connectivity index (χ1v) is 9.40. The number of guanidine groups is 1. The molecule has 0 bridgehead atoms. The van der Waals surface area contributed by atoms with Crippen molar-refractivity contribution in [3.8, 4) is 5.75 Å². The molecule has 1 heterocycles. The van der Waals surface area contributed by atoms with Gasteiger partial charge in [-0.1, -0.05) is 24.3 Å². The molecule has 7 heteroatoms. The highest BCUT2D eigenvalue weighted by Crippen LogP contribution is 2.22. The van der Waals surface area contributed by atoms with Crippen LogP contribution in [0.25, 0.3) is 0 Å². The molecule has 148 valence electrons.